The van der Waals surface area contributed by atoms with Crippen molar-refractivity contribution < 1.29 is 9.47 Å². The van der Waals surface area contributed by atoms with E-state index in [2.05, 4.69) is 13.0 Å². The molecule has 100 valence electrons. The second-order valence-corrected chi connectivity index (χ2v) is 5.09. The van der Waals surface area contributed by atoms with Gasteiger partial charge in [0.1, 0.15) is 5.75 Å². The Bertz CT molecular complexity index is 384. The third kappa shape index (κ3) is 3.47. The van der Waals surface area contributed by atoms with Crippen LogP contribution < -0.4 is 10.5 Å². The average Bonchev–Trinajstić information content (AvgIpc) is 2.84. The van der Waals surface area contributed by atoms with Gasteiger partial charge in [-0.3, -0.25) is 0 Å². The normalized spacial score (nSPS) is 20.9. The third-order valence-electron chi connectivity index (χ3n) is 3.45. The number of aryl methyl sites for hydroxylation is 1. The monoisotopic (exact) mass is 249 g/mol. The molecule has 1 saturated heterocycles. The predicted molar refractivity (Wildman–Crippen MR) is 72.9 cm³/mol. The Balaban J connectivity index is 1.85. The molecule has 3 nitrogen and oxygen atoms in total. The molecule has 0 spiro atoms. The molecule has 1 aromatic rings. The Hall–Kier alpha value is -1.06. The van der Waals surface area contributed by atoms with E-state index in [-0.39, 0.29) is 6.04 Å². The Kier molecular flexibility index (Phi) is 4.61. The second kappa shape index (κ2) is 6.21. The molecule has 0 aliphatic carbocycles. The van der Waals surface area contributed by atoms with Crippen molar-refractivity contribution in [3.63, 3.8) is 0 Å². The van der Waals surface area contributed by atoms with Crippen molar-refractivity contribution in [2.24, 2.45) is 5.73 Å². The number of hydrogen-bond acceptors (Lipinski definition) is 3. The summed E-state index contributed by atoms with van der Waals surface area (Å²) in [4.78, 5) is 0. The highest BCUT2D eigenvalue weighted by atomic mass is 16.5. The maximum atomic E-state index is 5.86. The quantitative estimate of drug-likeness (QED) is 0.872. The Morgan fingerprint density at radius 2 is 2.33 bits per heavy atom. The minimum Gasteiger partial charge on any atom is -0.493 e. The number of hydrogen-bond donors (Lipinski definition) is 1. The molecular weight excluding hydrogens is 226 g/mol. The summed E-state index contributed by atoms with van der Waals surface area (Å²) in [5, 5.41) is 0. The fraction of sp³-hybridized carbons (Fsp3) is 0.600. The summed E-state index contributed by atoms with van der Waals surface area (Å²) in [5.41, 5.74) is 8.16. The molecule has 0 aromatic heterocycles. The van der Waals surface area contributed by atoms with Gasteiger partial charge in [0.05, 0.1) is 12.7 Å². The van der Waals surface area contributed by atoms with E-state index in [0.717, 1.165) is 36.5 Å². The first-order valence-corrected chi connectivity index (χ1v) is 6.77. The van der Waals surface area contributed by atoms with Crippen molar-refractivity contribution in [3.05, 3.63) is 29.3 Å². The summed E-state index contributed by atoms with van der Waals surface area (Å²) < 4.78 is 11.4. The average molecular weight is 249 g/mol. The fourth-order valence-electron chi connectivity index (χ4n) is 2.29. The number of rotatable bonds is 5. The highest BCUT2D eigenvalue weighted by Crippen LogP contribution is 2.23. The SMILES string of the molecule is Cc1cc([C@@H](C)N)ccc1OCCC1CCCO1. The fourth-order valence-corrected chi connectivity index (χ4v) is 2.29. The Morgan fingerprint density at radius 1 is 1.50 bits per heavy atom. The van der Waals surface area contributed by atoms with Crippen LogP contribution in [0.5, 0.6) is 5.75 Å². The van der Waals surface area contributed by atoms with E-state index in [4.69, 9.17) is 15.2 Å². The van der Waals surface area contributed by atoms with Gasteiger partial charge < -0.3 is 15.2 Å². The van der Waals surface area contributed by atoms with Gasteiger partial charge in [-0.05, 0) is 43.9 Å². The lowest BCUT2D eigenvalue weighted by Gasteiger charge is -2.14. The molecule has 0 bridgehead atoms. The van der Waals surface area contributed by atoms with Crippen LogP contribution in [0.2, 0.25) is 0 Å². The van der Waals surface area contributed by atoms with Gasteiger partial charge in [0, 0.05) is 19.1 Å². The second-order valence-electron chi connectivity index (χ2n) is 5.09. The standard InChI is InChI=1S/C15H23NO2/c1-11-10-13(12(2)16)5-6-15(11)18-9-7-14-4-3-8-17-14/h5-6,10,12,14H,3-4,7-9,16H2,1-2H3/t12-,14?/m1/s1. The van der Waals surface area contributed by atoms with Crippen LogP contribution in [0, 0.1) is 6.92 Å². The molecule has 2 atom stereocenters. The van der Waals surface area contributed by atoms with Crippen molar-refractivity contribution in [2.75, 3.05) is 13.2 Å². The van der Waals surface area contributed by atoms with Gasteiger partial charge in [-0.1, -0.05) is 12.1 Å². The van der Waals surface area contributed by atoms with E-state index in [1.807, 2.05) is 19.1 Å². The molecule has 1 heterocycles. The van der Waals surface area contributed by atoms with Gasteiger partial charge in [0.2, 0.25) is 0 Å². The number of benzene rings is 1. The van der Waals surface area contributed by atoms with Gasteiger partial charge in [0.25, 0.3) is 0 Å². The summed E-state index contributed by atoms with van der Waals surface area (Å²) >= 11 is 0. The van der Waals surface area contributed by atoms with Crippen molar-refractivity contribution in [1.29, 1.82) is 0 Å². The van der Waals surface area contributed by atoms with Crippen LogP contribution in [0.15, 0.2) is 18.2 Å². The third-order valence-corrected chi connectivity index (χ3v) is 3.45. The van der Waals surface area contributed by atoms with E-state index >= 15 is 0 Å². The lowest BCUT2D eigenvalue weighted by Crippen LogP contribution is -2.11. The van der Waals surface area contributed by atoms with Crippen LogP contribution in [0.25, 0.3) is 0 Å². The molecule has 1 aliphatic rings. The largest absolute Gasteiger partial charge is 0.493 e. The van der Waals surface area contributed by atoms with Crippen LogP contribution in [-0.2, 0) is 4.74 Å². The van der Waals surface area contributed by atoms with Crippen molar-refractivity contribution in [2.45, 2.75) is 45.3 Å². The molecule has 1 aromatic carbocycles. The highest BCUT2D eigenvalue weighted by Gasteiger charge is 2.15. The van der Waals surface area contributed by atoms with Gasteiger partial charge in [-0.25, -0.2) is 0 Å². The van der Waals surface area contributed by atoms with Crippen LogP contribution >= 0.6 is 0 Å². The van der Waals surface area contributed by atoms with Crippen molar-refractivity contribution >= 4 is 0 Å². The molecule has 1 aliphatic heterocycles. The zero-order chi connectivity index (χ0) is 13.0. The van der Waals surface area contributed by atoms with E-state index in [1.165, 1.54) is 12.8 Å². The Labute approximate surface area is 109 Å². The van der Waals surface area contributed by atoms with Crippen molar-refractivity contribution in [1.82, 2.24) is 0 Å². The summed E-state index contributed by atoms with van der Waals surface area (Å²) in [6.07, 6.45) is 3.74. The van der Waals surface area contributed by atoms with Gasteiger partial charge >= 0.3 is 0 Å². The van der Waals surface area contributed by atoms with Crippen LogP contribution in [0.3, 0.4) is 0 Å². The first kappa shape index (κ1) is 13.4. The molecule has 0 amide bonds. The maximum Gasteiger partial charge on any atom is 0.122 e. The first-order chi connectivity index (χ1) is 8.66. The van der Waals surface area contributed by atoms with E-state index < -0.39 is 0 Å². The molecule has 3 heteroatoms. The molecule has 1 unspecified atom stereocenters. The topological polar surface area (TPSA) is 44.5 Å². The minimum atomic E-state index is 0.0737. The predicted octanol–water partition coefficient (Wildman–Crippen LogP) is 2.96. The number of nitrogens with two attached hydrogens (primary N) is 1. The summed E-state index contributed by atoms with van der Waals surface area (Å²) in [6, 6.07) is 6.24. The summed E-state index contributed by atoms with van der Waals surface area (Å²) in [5.74, 6) is 0.956. The zero-order valence-electron chi connectivity index (χ0n) is 11.3. The van der Waals surface area contributed by atoms with Gasteiger partial charge in [-0.15, -0.1) is 0 Å². The molecule has 0 radical (unpaired) electrons. The van der Waals surface area contributed by atoms with E-state index in [9.17, 15) is 0 Å². The van der Waals surface area contributed by atoms with E-state index in [0.29, 0.717) is 6.10 Å². The molecule has 2 rings (SSSR count). The highest BCUT2D eigenvalue weighted by molar-refractivity contribution is 5.37. The molecule has 18 heavy (non-hydrogen) atoms. The molecule has 2 N–H and O–H groups in total. The number of ether oxygens (including phenoxy) is 2. The smallest absolute Gasteiger partial charge is 0.122 e. The molecular formula is C15H23NO2. The minimum absolute atomic E-state index is 0.0737. The Morgan fingerprint density at radius 3 is 2.94 bits per heavy atom. The summed E-state index contributed by atoms with van der Waals surface area (Å²) in [6.45, 7) is 5.69. The van der Waals surface area contributed by atoms with E-state index in [1.54, 1.807) is 0 Å². The van der Waals surface area contributed by atoms with Gasteiger partial charge in [0.15, 0.2) is 0 Å². The first-order valence-electron chi connectivity index (χ1n) is 6.77. The molecule has 1 fully saturated rings. The molecule has 0 saturated carbocycles. The zero-order valence-corrected chi connectivity index (χ0v) is 11.3. The lowest BCUT2D eigenvalue weighted by atomic mass is 10.1. The van der Waals surface area contributed by atoms with Crippen LogP contribution in [0.1, 0.15) is 43.4 Å². The maximum absolute atomic E-state index is 5.86. The van der Waals surface area contributed by atoms with Gasteiger partial charge in [-0.2, -0.15) is 0 Å². The lowest BCUT2D eigenvalue weighted by molar-refractivity contribution is 0.0902. The summed E-state index contributed by atoms with van der Waals surface area (Å²) in [7, 11) is 0. The van der Waals surface area contributed by atoms with Crippen LogP contribution in [-0.4, -0.2) is 19.3 Å². The van der Waals surface area contributed by atoms with Crippen LogP contribution in [0.4, 0.5) is 0 Å². The van der Waals surface area contributed by atoms with Crippen molar-refractivity contribution in [3.8, 4) is 5.75 Å².